The van der Waals surface area contributed by atoms with E-state index in [0.717, 1.165) is 50.4 Å². The molecule has 0 unspecified atom stereocenters. The second kappa shape index (κ2) is 10.3. The maximum absolute atomic E-state index is 12.8. The predicted octanol–water partition coefficient (Wildman–Crippen LogP) is 3.93. The molecule has 3 aliphatic rings. The lowest BCUT2D eigenvalue weighted by Gasteiger charge is -2.53. The van der Waals surface area contributed by atoms with E-state index in [9.17, 15) is 23.1 Å². The summed E-state index contributed by atoms with van der Waals surface area (Å²) < 4.78 is 43.9. The van der Waals surface area contributed by atoms with E-state index >= 15 is 0 Å². The minimum atomic E-state index is -4.44. The summed E-state index contributed by atoms with van der Waals surface area (Å²) in [6.45, 7) is 11.5. The molecule has 1 saturated carbocycles. The number of halogens is 3. The van der Waals surface area contributed by atoms with Gasteiger partial charge in [-0.05, 0) is 43.1 Å². The molecule has 200 valence electrons. The first-order valence-corrected chi connectivity index (χ1v) is 12.8. The molecule has 2 aliphatic carbocycles. The monoisotopic (exact) mass is 510 g/mol. The first kappa shape index (κ1) is 26.9. The fourth-order valence-corrected chi connectivity index (χ4v) is 6.30. The minimum absolute atomic E-state index is 0.0184. The predicted molar refractivity (Wildman–Crippen MR) is 129 cm³/mol. The highest BCUT2D eigenvalue weighted by molar-refractivity contribution is 5.66. The first-order chi connectivity index (χ1) is 16.9. The Morgan fingerprint density at radius 1 is 1.22 bits per heavy atom. The summed E-state index contributed by atoms with van der Waals surface area (Å²) in [5.41, 5.74) is -0.724. The number of anilines is 1. The number of hydrogen-bond acceptors (Lipinski definition) is 7. The van der Waals surface area contributed by atoms with E-state index in [1.807, 2.05) is 11.8 Å². The molecule has 1 aromatic rings. The topological polar surface area (TPSA) is 78.8 Å². The van der Waals surface area contributed by atoms with Crippen LogP contribution in [-0.4, -0.2) is 70.4 Å². The molecular formula is C26H37F3N4O3. The van der Waals surface area contributed by atoms with Crippen LogP contribution >= 0.6 is 0 Å². The highest BCUT2D eigenvalue weighted by Gasteiger charge is 2.52. The third kappa shape index (κ3) is 5.54. The molecule has 4 rings (SSSR count). The first-order valence-electron chi connectivity index (χ1n) is 12.8. The second-order valence-electron chi connectivity index (χ2n) is 10.9. The second-order valence-corrected chi connectivity index (χ2v) is 10.9. The van der Waals surface area contributed by atoms with Gasteiger partial charge in [0.25, 0.3) is 0 Å². The van der Waals surface area contributed by atoms with Gasteiger partial charge in [0.2, 0.25) is 5.95 Å². The third-order valence-corrected chi connectivity index (χ3v) is 8.49. The zero-order valence-electron chi connectivity index (χ0n) is 21.5. The number of nitrogens with zero attached hydrogens (tertiary/aromatic N) is 4. The standard InChI is InChI=1S/C26H37F3N4O3/c1-16-11-22-21(6-5-18(3)25(22,35)12-23(16)36-19(4)34)17(2)15-32-7-9-33(10-8-32)24-30-13-20(14-31-24)26(27,28)29/h11,13-14,17-18,21-23,35H,5-10,12,15H2,1-4H3/t17-,18+,21-,22+,23+,25+/m0/s1. The molecule has 0 aromatic carbocycles. The lowest BCUT2D eigenvalue weighted by Crippen LogP contribution is -2.56. The smallest absolute Gasteiger partial charge is 0.419 e. The van der Waals surface area contributed by atoms with Crippen molar-refractivity contribution in [1.29, 1.82) is 0 Å². The zero-order chi connectivity index (χ0) is 26.3. The van der Waals surface area contributed by atoms with Crippen LogP contribution in [0.2, 0.25) is 0 Å². The Hall–Kier alpha value is -2.20. The van der Waals surface area contributed by atoms with Crippen molar-refractivity contribution in [2.24, 2.45) is 23.7 Å². The lowest BCUT2D eigenvalue weighted by atomic mass is 9.57. The largest absolute Gasteiger partial charge is 0.458 e. The van der Waals surface area contributed by atoms with Crippen molar-refractivity contribution < 1.29 is 27.8 Å². The molecule has 1 aromatic heterocycles. The van der Waals surface area contributed by atoms with Crippen LogP contribution in [0.1, 0.15) is 52.5 Å². The van der Waals surface area contributed by atoms with Gasteiger partial charge in [-0.1, -0.05) is 19.9 Å². The number of alkyl halides is 3. The van der Waals surface area contributed by atoms with Gasteiger partial charge in [-0.25, -0.2) is 9.97 Å². The van der Waals surface area contributed by atoms with Crippen LogP contribution in [0, 0.1) is 23.7 Å². The van der Waals surface area contributed by atoms with Gasteiger partial charge in [0.05, 0.1) is 11.2 Å². The van der Waals surface area contributed by atoms with Crippen molar-refractivity contribution in [3.05, 3.63) is 29.6 Å². The van der Waals surface area contributed by atoms with Crippen LogP contribution in [0.3, 0.4) is 0 Å². The summed E-state index contributed by atoms with van der Waals surface area (Å²) in [5.74, 6) is 0.801. The quantitative estimate of drug-likeness (QED) is 0.475. The van der Waals surface area contributed by atoms with Crippen LogP contribution in [0.15, 0.2) is 24.0 Å². The van der Waals surface area contributed by atoms with E-state index in [-0.39, 0.29) is 23.9 Å². The van der Waals surface area contributed by atoms with Crippen molar-refractivity contribution >= 4 is 11.9 Å². The number of rotatable bonds is 5. The Balaban J connectivity index is 1.37. The van der Waals surface area contributed by atoms with Gasteiger partial charge < -0.3 is 14.7 Å². The van der Waals surface area contributed by atoms with E-state index in [2.05, 4.69) is 34.8 Å². The van der Waals surface area contributed by atoms with Crippen molar-refractivity contribution in [1.82, 2.24) is 14.9 Å². The average Bonchev–Trinajstić information content (AvgIpc) is 2.81. The van der Waals surface area contributed by atoms with Gasteiger partial charge in [-0.2, -0.15) is 13.2 Å². The van der Waals surface area contributed by atoms with E-state index in [1.54, 1.807) is 0 Å². The van der Waals surface area contributed by atoms with Crippen LogP contribution < -0.4 is 4.90 Å². The lowest BCUT2D eigenvalue weighted by molar-refractivity contribution is -0.159. The molecule has 1 aliphatic heterocycles. The zero-order valence-corrected chi connectivity index (χ0v) is 21.5. The van der Waals surface area contributed by atoms with Crippen LogP contribution in [0.5, 0.6) is 0 Å². The number of aliphatic hydroxyl groups is 1. The Labute approximate surface area is 210 Å². The normalized spacial score (nSPS) is 32.4. The molecule has 2 fully saturated rings. The third-order valence-electron chi connectivity index (χ3n) is 8.49. The minimum Gasteiger partial charge on any atom is -0.458 e. The summed E-state index contributed by atoms with van der Waals surface area (Å²) in [7, 11) is 0. The van der Waals surface area contributed by atoms with Gasteiger partial charge >= 0.3 is 12.1 Å². The summed E-state index contributed by atoms with van der Waals surface area (Å²) in [6.07, 6.45) is 1.42. The number of ether oxygens (including phenoxy) is 1. The van der Waals surface area contributed by atoms with E-state index in [4.69, 9.17) is 4.74 Å². The van der Waals surface area contributed by atoms with Crippen LogP contribution in [-0.2, 0) is 15.7 Å². The summed E-state index contributed by atoms with van der Waals surface area (Å²) >= 11 is 0. The Morgan fingerprint density at radius 2 is 1.86 bits per heavy atom. The SMILES string of the molecule is CC(=O)O[C@@H]1C[C@@]2(O)[C@H](C)CC[C@@H]([C@@H](C)CN3CCN(c4ncc(C(F)(F)F)cn4)CC3)[C@H]2C=C1C. The van der Waals surface area contributed by atoms with E-state index in [0.29, 0.717) is 37.3 Å². The molecule has 1 N–H and O–H groups in total. The number of carbonyl (C=O) groups excluding carboxylic acids is 1. The molecule has 0 amide bonds. The summed E-state index contributed by atoms with van der Waals surface area (Å²) in [6, 6.07) is 0. The highest BCUT2D eigenvalue weighted by atomic mass is 19.4. The number of aromatic nitrogens is 2. The molecule has 7 nitrogen and oxygen atoms in total. The highest BCUT2D eigenvalue weighted by Crippen LogP contribution is 2.51. The molecular weight excluding hydrogens is 473 g/mol. The van der Waals surface area contributed by atoms with Gasteiger partial charge in [0, 0.05) is 64.4 Å². The maximum atomic E-state index is 12.8. The molecule has 0 bridgehead atoms. The summed E-state index contributed by atoms with van der Waals surface area (Å²) in [4.78, 5) is 23.7. The van der Waals surface area contributed by atoms with Gasteiger partial charge in [-0.3, -0.25) is 9.69 Å². The van der Waals surface area contributed by atoms with Crippen LogP contribution in [0.25, 0.3) is 0 Å². The Bertz CT molecular complexity index is 962. The fraction of sp³-hybridized carbons (Fsp3) is 0.731. The molecule has 6 atom stereocenters. The fourth-order valence-electron chi connectivity index (χ4n) is 6.30. The van der Waals surface area contributed by atoms with E-state index in [1.165, 1.54) is 6.92 Å². The van der Waals surface area contributed by atoms with E-state index < -0.39 is 17.3 Å². The van der Waals surface area contributed by atoms with Crippen molar-refractivity contribution in [2.45, 2.75) is 64.8 Å². The number of carbonyl (C=O) groups is 1. The summed E-state index contributed by atoms with van der Waals surface area (Å²) in [5, 5.41) is 11.8. The molecule has 10 heteroatoms. The number of hydrogen-bond donors (Lipinski definition) is 1. The number of piperazine rings is 1. The molecule has 0 spiro atoms. The maximum Gasteiger partial charge on any atom is 0.419 e. The van der Waals surface area contributed by atoms with Gasteiger partial charge in [0.15, 0.2) is 0 Å². The molecule has 0 radical (unpaired) electrons. The molecule has 2 heterocycles. The molecule has 36 heavy (non-hydrogen) atoms. The number of fused-ring (bicyclic) bond motifs is 1. The van der Waals surface area contributed by atoms with Gasteiger partial charge in [0.1, 0.15) is 6.10 Å². The van der Waals surface area contributed by atoms with Gasteiger partial charge in [-0.15, -0.1) is 0 Å². The van der Waals surface area contributed by atoms with Crippen molar-refractivity contribution in [3.63, 3.8) is 0 Å². The molecule has 1 saturated heterocycles. The van der Waals surface area contributed by atoms with Crippen molar-refractivity contribution in [3.8, 4) is 0 Å². The van der Waals surface area contributed by atoms with Crippen molar-refractivity contribution in [2.75, 3.05) is 37.6 Å². The van der Waals surface area contributed by atoms with Crippen LogP contribution in [0.4, 0.5) is 19.1 Å². The Morgan fingerprint density at radius 3 is 2.44 bits per heavy atom. The Kier molecular flexibility index (Phi) is 7.67. The average molecular weight is 511 g/mol. The number of esters is 1.